The monoisotopic (exact) mass is 188 g/mol. The largest absolute Gasteiger partial charge is 0.0699 e. The molecular weight excluding hydrogens is 168 g/mol. The second kappa shape index (κ2) is 6.42. The average molecular weight is 188 g/mol. The van der Waals surface area contributed by atoms with E-state index in [0.29, 0.717) is 0 Å². The molecule has 0 radical (unpaired) electrons. The van der Waals surface area contributed by atoms with Gasteiger partial charge in [-0.2, -0.15) is 0 Å². The van der Waals surface area contributed by atoms with Crippen LogP contribution in [0.15, 0.2) is 35.9 Å². The number of benzene rings is 1. The van der Waals surface area contributed by atoms with Gasteiger partial charge in [-0.15, -0.1) is 0 Å². The fourth-order valence-corrected chi connectivity index (χ4v) is 1.54. The summed E-state index contributed by atoms with van der Waals surface area (Å²) in [5.74, 6) is 0. The Balaban J connectivity index is 2.64. The Kier molecular flexibility index (Phi) is 5.06. The molecule has 0 unspecified atom stereocenters. The Labute approximate surface area is 87.7 Å². The zero-order chi connectivity index (χ0) is 10.2. The van der Waals surface area contributed by atoms with Crippen LogP contribution in [0.2, 0.25) is 0 Å². The molecule has 0 N–H and O–H groups in total. The first-order valence-electron chi connectivity index (χ1n) is 5.61. The van der Waals surface area contributed by atoms with E-state index in [1.54, 1.807) is 5.57 Å². The molecule has 0 heterocycles. The van der Waals surface area contributed by atoms with Gasteiger partial charge < -0.3 is 0 Å². The highest BCUT2D eigenvalue weighted by molar-refractivity contribution is 5.52. The van der Waals surface area contributed by atoms with Gasteiger partial charge in [0.25, 0.3) is 0 Å². The van der Waals surface area contributed by atoms with Crippen molar-refractivity contribution in [2.75, 3.05) is 0 Å². The van der Waals surface area contributed by atoms with E-state index in [2.05, 4.69) is 50.3 Å². The summed E-state index contributed by atoms with van der Waals surface area (Å²) >= 11 is 0. The third kappa shape index (κ3) is 3.78. The van der Waals surface area contributed by atoms with Crippen LogP contribution in [0.1, 0.15) is 45.1 Å². The molecule has 0 amide bonds. The summed E-state index contributed by atoms with van der Waals surface area (Å²) in [4.78, 5) is 0. The molecule has 0 saturated heterocycles. The van der Waals surface area contributed by atoms with Crippen LogP contribution in [0, 0.1) is 0 Å². The minimum absolute atomic E-state index is 1.18. The molecule has 0 heteroatoms. The minimum Gasteiger partial charge on any atom is -0.0699 e. The summed E-state index contributed by atoms with van der Waals surface area (Å²) < 4.78 is 0. The topological polar surface area (TPSA) is 0 Å². The van der Waals surface area contributed by atoms with E-state index in [1.807, 2.05) is 0 Å². The second-order valence-corrected chi connectivity index (χ2v) is 3.67. The van der Waals surface area contributed by atoms with Gasteiger partial charge in [0.2, 0.25) is 0 Å². The van der Waals surface area contributed by atoms with Gasteiger partial charge in [0.15, 0.2) is 0 Å². The number of unbranched alkanes of at least 4 members (excludes halogenated alkanes) is 1. The average Bonchev–Trinajstić information content (AvgIpc) is 2.25. The van der Waals surface area contributed by atoms with Gasteiger partial charge in [0.1, 0.15) is 0 Å². The molecule has 1 aromatic carbocycles. The van der Waals surface area contributed by atoms with Crippen molar-refractivity contribution in [1.29, 1.82) is 0 Å². The number of hydrogen-bond acceptors (Lipinski definition) is 0. The lowest BCUT2D eigenvalue weighted by atomic mass is 10.0. The van der Waals surface area contributed by atoms with Crippen molar-refractivity contribution in [1.82, 2.24) is 0 Å². The molecule has 0 nitrogen and oxygen atoms in total. The van der Waals surface area contributed by atoms with Crippen molar-refractivity contribution in [2.45, 2.75) is 39.5 Å². The van der Waals surface area contributed by atoms with E-state index in [0.717, 1.165) is 0 Å². The Morgan fingerprint density at radius 1 is 1.14 bits per heavy atom. The van der Waals surface area contributed by atoms with E-state index < -0.39 is 0 Å². The third-order valence-corrected chi connectivity index (χ3v) is 2.48. The first-order chi connectivity index (χ1) is 6.86. The van der Waals surface area contributed by atoms with E-state index >= 15 is 0 Å². The van der Waals surface area contributed by atoms with Crippen molar-refractivity contribution in [3.63, 3.8) is 0 Å². The summed E-state index contributed by atoms with van der Waals surface area (Å²) in [6, 6.07) is 10.6. The Morgan fingerprint density at radius 3 is 2.43 bits per heavy atom. The molecule has 0 aliphatic carbocycles. The van der Waals surface area contributed by atoms with Crippen LogP contribution in [0.4, 0.5) is 0 Å². The standard InChI is InChI=1S/C14H20/c1-3-5-9-13(4-2)12-14-10-7-6-8-11-14/h6-8,10-12H,3-5,9H2,1-2H3. The van der Waals surface area contributed by atoms with Crippen LogP contribution < -0.4 is 0 Å². The maximum atomic E-state index is 2.33. The first kappa shape index (κ1) is 11.0. The van der Waals surface area contributed by atoms with Crippen molar-refractivity contribution < 1.29 is 0 Å². The zero-order valence-corrected chi connectivity index (χ0v) is 9.29. The lowest BCUT2D eigenvalue weighted by Gasteiger charge is -2.03. The molecular formula is C14H20. The summed E-state index contributed by atoms with van der Waals surface area (Å²) in [6.07, 6.45) is 7.35. The molecule has 14 heavy (non-hydrogen) atoms. The fourth-order valence-electron chi connectivity index (χ4n) is 1.54. The van der Waals surface area contributed by atoms with Crippen LogP contribution in [0.5, 0.6) is 0 Å². The van der Waals surface area contributed by atoms with Crippen molar-refractivity contribution in [3.8, 4) is 0 Å². The lowest BCUT2D eigenvalue weighted by Crippen LogP contribution is -1.82. The summed E-state index contributed by atoms with van der Waals surface area (Å²) in [7, 11) is 0. The Morgan fingerprint density at radius 2 is 1.86 bits per heavy atom. The zero-order valence-electron chi connectivity index (χ0n) is 9.29. The van der Waals surface area contributed by atoms with Gasteiger partial charge >= 0.3 is 0 Å². The SMILES string of the molecule is CCCCC(=Cc1ccccc1)CC. The predicted molar refractivity (Wildman–Crippen MR) is 64.2 cm³/mol. The Hall–Kier alpha value is -1.04. The molecule has 0 fully saturated rings. The summed E-state index contributed by atoms with van der Waals surface area (Å²) in [5, 5.41) is 0. The van der Waals surface area contributed by atoms with Crippen molar-refractivity contribution in [2.24, 2.45) is 0 Å². The normalized spacial score (nSPS) is 11.7. The predicted octanol–water partition coefficient (Wildman–Crippen LogP) is 4.67. The molecule has 0 spiro atoms. The van der Waals surface area contributed by atoms with Crippen LogP contribution in [0.3, 0.4) is 0 Å². The first-order valence-corrected chi connectivity index (χ1v) is 5.61. The van der Waals surface area contributed by atoms with Gasteiger partial charge in [-0.05, 0) is 24.8 Å². The number of allylic oxidation sites excluding steroid dienone is 1. The van der Waals surface area contributed by atoms with Crippen LogP contribution in [-0.2, 0) is 0 Å². The number of rotatable bonds is 5. The summed E-state index contributed by atoms with van der Waals surface area (Å²) in [6.45, 7) is 4.49. The molecule has 0 atom stereocenters. The van der Waals surface area contributed by atoms with E-state index in [4.69, 9.17) is 0 Å². The highest BCUT2D eigenvalue weighted by Gasteiger charge is 1.94. The van der Waals surface area contributed by atoms with Gasteiger partial charge in [-0.3, -0.25) is 0 Å². The molecule has 76 valence electrons. The third-order valence-electron chi connectivity index (χ3n) is 2.48. The summed E-state index contributed by atoms with van der Waals surface area (Å²) in [5.41, 5.74) is 2.90. The molecule has 1 aromatic rings. The smallest absolute Gasteiger partial charge is 0.0257 e. The quantitative estimate of drug-likeness (QED) is 0.630. The maximum absolute atomic E-state index is 2.33. The maximum Gasteiger partial charge on any atom is -0.0257 e. The lowest BCUT2D eigenvalue weighted by molar-refractivity contribution is 0.770. The molecule has 0 aliphatic heterocycles. The van der Waals surface area contributed by atoms with Gasteiger partial charge in [0, 0.05) is 0 Å². The molecule has 0 bridgehead atoms. The van der Waals surface area contributed by atoms with E-state index in [-0.39, 0.29) is 0 Å². The van der Waals surface area contributed by atoms with E-state index in [1.165, 1.54) is 31.2 Å². The molecule has 0 aromatic heterocycles. The fraction of sp³-hybridized carbons (Fsp3) is 0.429. The molecule has 0 aliphatic rings. The van der Waals surface area contributed by atoms with Gasteiger partial charge in [0.05, 0.1) is 0 Å². The van der Waals surface area contributed by atoms with E-state index in [9.17, 15) is 0 Å². The van der Waals surface area contributed by atoms with Gasteiger partial charge in [-0.1, -0.05) is 62.2 Å². The molecule has 1 rings (SSSR count). The van der Waals surface area contributed by atoms with Crippen molar-refractivity contribution in [3.05, 3.63) is 41.5 Å². The van der Waals surface area contributed by atoms with Crippen molar-refractivity contribution >= 4 is 6.08 Å². The highest BCUT2D eigenvalue weighted by Crippen LogP contribution is 2.15. The Bertz CT molecular complexity index is 269. The molecule has 0 saturated carbocycles. The van der Waals surface area contributed by atoms with Crippen LogP contribution in [-0.4, -0.2) is 0 Å². The highest BCUT2D eigenvalue weighted by atomic mass is 14.0. The second-order valence-electron chi connectivity index (χ2n) is 3.67. The van der Waals surface area contributed by atoms with Crippen LogP contribution in [0.25, 0.3) is 6.08 Å². The van der Waals surface area contributed by atoms with Gasteiger partial charge in [-0.25, -0.2) is 0 Å². The van der Waals surface area contributed by atoms with Crippen LogP contribution >= 0.6 is 0 Å². The minimum atomic E-state index is 1.18. The number of hydrogen-bond donors (Lipinski definition) is 0.